The predicted molar refractivity (Wildman–Crippen MR) is 53.8 cm³/mol. The number of terminal acetylenes is 1. The minimum Gasteiger partial charge on any atom is -0.310 e. The average molecular weight is 202 g/mol. The van der Waals surface area contributed by atoms with E-state index in [4.69, 9.17) is 15.5 Å². The van der Waals surface area contributed by atoms with Crippen LogP contribution in [0.25, 0.3) is 0 Å². The van der Waals surface area contributed by atoms with E-state index < -0.39 is 13.9 Å². The van der Waals surface area contributed by atoms with Crippen LogP contribution in [0.5, 0.6) is 0 Å². The van der Waals surface area contributed by atoms with E-state index in [0.717, 1.165) is 0 Å². The summed E-state index contributed by atoms with van der Waals surface area (Å²) < 4.78 is 21.0. The third-order valence-electron chi connectivity index (χ3n) is 1.23. The first-order valence-corrected chi connectivity index (χ1v) is 5.19. The van der Waals surface area contributed by atoms with Crippen LogP contribution in [0.15, 0.2) is 12.7 Å². The molecule has 4 heteroatoms. The highest BCUT2D eigenvalue weighted by atomic mass is 31.1. The van der Waals surface area contributed by atoms with Crippen molar-refractivity contribution < 1.29 is 13.6 Å². The van der Waals surface area contributed by atoms with Crippen LogP contribution in [0.2, 0.25) is 0 Å². The summed E-state index contributed by atoms with van der Waals surface area (Å²) in [6, 6.07) is 0. The van der Waals surface area contributed by atoms with Crippen LogP contribution in [0, 0.1) is 12.3 Å². The van der Waals surface area contributed by atoms with E-state index in [1.165, 1.54) is 0 Å². The van der Waals surface area contributed by atoms with Crippen molar-refractivity contribution in [3.63, 3.8) is 0 Å². The van der Waals surface area contributed by atoms with E-state index in [-0.39, 0.29) is 0 Å². The zero-order valence-electron chi connectivity index (χ0n) is 8.00. The normalized spacial score (nSPS) is 13.3. The molecule has 1 atom stereocenters. The Kier molecular flexibility index (Phi) is 5.73. The summed E-state index contributed by atoms with van der Waals surface area (Å²) in [7, 11) is -2.47. The van der Waals surface area contributed by atoms with E-state index in [0.29, 0.717) is 13.0 Å². The smallest absolute Gasteiger partial charge is 0.310 e. The van der Waals surface area contributed by atoms with Crippen molar-refractivity contribution in [3.05, 3.63) is 12.7 Å². The Morgan fingerprint density at radius 2 is 2.31 bits per heavy atom. The summed E-state index contributed by atoms with van der Waals surface area (Å²) in [4.78, 5) is 0. The molecule has 0 amide bonds. The van der Waals surface area contributed by atoms with Gasteiger partial charge in [0.1, 0.15) is 5.60 Å². The molecule has 0 saturated heterocycles. The van der Waals surface area contributed by atoms with Gasteiger partial charge in [-0.3, -0.25) is 9.09 Å². The van der Waals surface area contributed by atoms with Crippen molar-refractivity contribution in [3.8, 4) is 12.3 Å². The van der Waals surface area contributed by atoms with Gasteiger partial charge in [-0.1, -0.05) is 12.0 Å². The Balaban J connectivity index is 3.76. The summed E-state index contributed by atoms with van der Waals surface area (Å²) in [6.45, 7) is 7.17. The topological polar surface area (TPSA) is 35.5 Å². The maximum atomic E-state index is 11.1. The molecule has 0 aromatic heterocycles. The molecule has 0 heterocycles. The second-order valence-corrected chi connectivity index (χ2v) is 3.93. The zero-order chi connectivity index (χ0) is 10.3. The van der Waals surface area contributed by atoms with Crippen molar-refractivity contribution in [1.82, 2.24) is 0 Å². The van der Waals surface area contributed by atoms with E-state index in [9.17, 15) is 4.57 Å². The molecule has 3 nitrogen and oxygen atoms in total. The van der Waals surface area contributed by atoms with E-state index in [1.54, 1.807) is 19.9 Å². The largest absolute Gasteiger partial charge is 0.320 e. The molecule has 0 fully saturated rings. The monoisotopic (exact) mass is 202 g/mol. The molecule has 0 aromatic carbocycles. The summed E-state index contributed by atoms with van der Waals surface area (Å²) in [6.07, 6.45) is 7.47. The highest BCUT2D eigenvalue weighted by Gasteiger charge is 2.17. The summed E-state index contributed by atoms with van der Waals surface area (Å²) in [5.41, 5.74) is -0.829. The summed E-state index contributed by atoms with van der Waals surface area (Å²) in [5, 5.41) is 0. The molecular formula is C9H15O3P. The first kappa shape index (κ1) is 12.4. The van der Waals surface area contributed by atoms with Gasteiger partial charge in [-0.05, 0) is 20.3 Å². The second kappa shape index (κ2) is 5.99. The summed E-state index contributed by atoms with van der Waals surface area (Å²) >= 11 is 0. The van der Waals surface area contributed by atoms with E-state index >= 15 is 0 Å². The fraction of sp³-hybridized carbons (Fsp3) is 0.556. The van der Waals surface area contributed by atoms with Crippen molar-refractivity contribution in [1.29, 1.82) is 0 Å². The fourth-order valence-electron chi connectivity index (χ4n) is 0.493. The van der Waals surface area contributed by atoms with Crippen LogP contribution in [-0.2, 0) is 13.6 Å². The molecule has 0 aliphatic heterocycles. The molecule has 0 radical (unpaired) electrons. The maximum absolute atomic E-state index is 11.1. The lowest BCUT2D eigenvalue weighted by molar-refractivity contribution is 0.141. The highest BCUT2D eigenvalue weighted by molar-refractivity contribution is 7.33. The van der Waals surface area contributed by atoms with Crippen molar-refractivity contribution in [2.75, 3.05) is 6.61 Å². The molecule has 1 unspecified atom stereocenters. The molecule has 0 bridgehead atoms. The average Bonchev–Trinajstić information content (AvgIpc) is 2.04. The molecule has 0 N–H and O–H groups in total. The first-order valence-electron chi connectivity index (χ1n) is 3.96. The molecule has 0 saturated carbocycles. The van der Waals surface area contributed by atoms with Crippen molar-refractivity contribution in [2.45, 2.75) is 25.9 Å². The molecule has 0 aliphatic carbocycles. The van der Waals surface area contributed by atoms with Crippen LogP contribution in [-0.4, -0.2) is 12.2 Å². The van der Waals surface area contributed by atoms with E-state index in [2.05, 4.69) is 12.5 Å². The first-order chi connectivity index (χ1) is 6.02. The lowest BCUT2D eigenvalue weighted by Crippen LogP contribution is -2.17. The van der Waals surface area contributed by atoms with Gasteiger partial charge in [-0.15, -0.1) is 13.0 Å². The lowest BCUT2D eigenvalue weighted by Gasteiger charge is -2.17. The Labute approximate surface area is 80.1 Å². The Morgan fingerprint density at radius 1 is 1.69 bits per heavy atom. The van der Waals surface area contributed by atoms with Gasteiger partial charge in [0.05, 0.1) is 6.61 Å². The van der Waals surface area contributed by atoms with Crippen LogP contribution >= 0.6 is 8.25 Å². The van der Waals surface area contributed by atoms with Crippen LogP contribution < -0.4 is 0 Å². The molecular weight excluding hydrogens is 187 g/mol. The van der Waals surface area contributed by atoms with Gasteiger partial charge >= 0.3 is 8.25 Å². The lowest BCUT2D eigenvalue weighted by atomic mass is 10.2. The van der Waals surface area contributed by atoms with Crippen LogP contribution in [0.4, 0.5) is 0 Å². The Hall–Kier alpha value is -0.550. The van der Waals surface area contributed by atoms with E-state index in [1.807, 2.05) is 0 Å². The van der Waals surface area contributed by atoms with Gasteiger partial charge in [0.15, 0.2) is 0 Å². The van der Waals surface area contributed by atoms with Gasteiger partial charge in [-0.25, -0.2) is 0 Å². The molecule has 0 aliphatic rings. The maximum Gasteiger partial charge on any atom is 0.320 e. The van der Waals surface area contributed by atoms with Crippen LogP contribution in [0.1, 0.15) is 20.3 Å². The fourth-order valence-corrected chi connectivity index (χ4v) is 1.31. The second-order valence-electron chi connectivity index (χ2n) is 2.93. The third-order valence-corrected chi connectivity index (χ3v) is 2.34. The molecule has 0 rings (SSSR count). The van der Waals surface area contributed by atoms with Crippen molar-refractivity contribution in [2.24, 2.45) is 0 Å². The molecule has 0 spiro atoms. The summed E-state index contributed by atoms with van der Waals surface area (Å²) in [5.74, 6) is 2.37. The quantitative estimate of drug-likeness (QED) is 0.287. The Bertz CT molecular complexity index is 228. The van der Waals surface area contributed by atoms with Gasteiger partial charge in [-0.2, -0.15) is 0 Å². The zero-order valence-corrected chi connectivity index (χ0v) is 9.00. The molecule has 0 aromatic rings. The number of hydrogen-bond acceptors (Lipinski definition) is 3. The minimum atomic E-state index is -2.47. The molecule has 13 heavy (non-hydrogen) atoms. The third kappa shape index (κ3) is 6.60. The van der Waals surface area contributed by atoms with Gasteiger partial charge in [0.2, 0.25) is 0 Å². The van der Waals surface area contributed by atoms with Crippen LogP contribution in [0.3, 0.4) is 0 Å². The standard InChI is InChI=1S/C9H15O3P/c1-5-7-8-11-13(10)12-9(3,4)6-2/h2,5,13H,1,7-8H2,3-4H3. The van der Waals surface area contributed by atoms with Gasteiger partial charge in [0.25, 0.3) is 0 Å². The Morgan fingerprint density at radius 3 is 2.77 bits per heavy atom. The molecule has 74 valence electrons. The van der Waals surface area contributed by atoms with Gasteiger partial charge in [0, 0.05) is 0 Å². The SMILES string of the molecule is C#CC(C)(C)O[PH](=O)OCCC=C. The highest BCUT2D eigenvalue weighted by Crippen LogP contribution is 2.30. The minimum absolute atomic E-state index is 0.349. The number of rotatable bonds is 6. The number of hydrogen-bond donors (Lipinski definition) is 0. The van der Waals surface area contributed by atoms with Gasteiger partial charge < -0.3 is 4.52 Å². The predicted octanol–water partition coefficient (Wildman–Crippen LogP) is 2.40. The van der Waals surface area contributed by atoms with Crippen molar-refractivity contribution >= 4 is 8.25 Å².